The first-order valence-electron chi connectivity index (χ1n) is 8.19. The summed E-state index contributed by atoms with van der Waals surface area (Å²) in [7, 11) is 0. The van der Waals surface area contributed by atoms with Gasteiger partial charge in [0.15, 0.2) is 0 Å². The van der Waals surface area contributed by atoms with Gasteiger partial charge in [0, 0.05) is 24.0 Å². The first-order valence-corrected chi connectivity index (χ1v) is 8.19. The molecule has 2 atom stereocenters. The van der Waals surface area contributed by atoms with Crippen molar-refractivity contribution in [1.29, 1.82) is 5.26 Å². The maximum Gasteiger partial charge on any atom is 0.0942 e. The molecule has 1 aromatic rings. The van der Waals surface area contributed by atoms with Gasteiger partial charge in [-0.3, -0.25) is 4.68 Å². The van der Waals surface area contributed by atoms with Crippen molar-refractivity contribution >= 4 is 0 Å². The third-order valence-corrected chi connectivity index (χ3v) is 5.43. The minimum Gasteiger partial charge on any atom is -0.512 e. The highest BCUT2D eigenvalue weighted by atomic mass is 16.3. The Balaban J connectivity index is 0.000000595. The van der Waals surface area contributed by atoms with E-state index >= 15 is 0 Å². The fourth-order valence-electron chi connectivity index (χ4n) is 4.27. The van der Waals surface area contributed by atoms with Crippen LogP contribution in [0.2, 0.25) is 0 Å². The molecular formula is C18H27N3O2. The van der Waals surface area contributed by atoms with Crippen molar-refractivity contribution in [2.24, 2.45) is 11.3 Å². The molecule has 1 heterocycles. The quantitative estimate of drug-likeness (QED) is 0.878. The highest BCUT2D eigenvalue weighted by Crippen LogP contribution is 2.55. The van der Waals surface area contributed by atoms with E-state index in [0.717, 1.165) is 19.3 Å². The highest BCUT2D eigenvalue weighted by Gasteiger charge is 2.52. The first kappa shape index (κ1) is 17.6. The molecule has 0 aliphatic heterocycles. The standard InChI is InChI=1S/C16H24N2O2.C2H3N/c1-15(2)12-5-4-11-10-18(8-9-19)17-14(11)16(12,3)7-6-13(15)20;1-2-3/h6,10,12,19-20H,4-5,7-9H2,1-3H3;1H3. The van der Waals surface area contributed by atoms with Crippen LogP contribution in [0.3, 0.4) is 0 Å². The number of allylic oxidation sites excluding steroid dienone is 2. The Morgan fingerprint density at radius 3 is 2.70 bits per heavy atom. The second kappa shape index (κ2) is 6.37. The summed E-state index contributed by atoms with van der Waals surface area (Å²) >= 11 is 0. The van der Waals surface area contributed by atoms with E-state index in [2.05, 4.69) is 27.0 Å². The molecule has 2 aliphatic rings. The molecule has 0 saturated carbocycles. The Bertz CT molecular complexity index is 639. The Hall–Kier alpha value is -1.80. The average molecular weight is 317 g/mol. The van der Waals surface area contributed by atoms with Crippen molar-refractivity contribution in [2.75, 3.05) is 6.61 Å². The molecule has 0 fully saturated rings. The van der Waals surface area contributed by atoms with Gasteiger partial charge in [-0.2, -0.15) is 10.4 Å². The summed E-state index contributed by atoms with van der Waals surface area (Å²) in [6.07, 6.45) is 6.99. The lowest BCUT2D eigenvalue weighted by Crippen LogP contribution is -2.48. The number of aliphatic hydroxyl groups excluding tert-OH is 2. The maximum atomic E-state index is 10.2. The van der Waals surface area contributed by atoms with Gasteiger partial charge >= 0.3 is 0 Å². The molecule has 2 aliphatic carbocycles. The summed E-state index contributed by atoms with van der Waals surface area (Å²) in [6, 6.07) is 1.75. The predicted octanol–water partition coefficient (Wildman–Crippen LogP) is 3.10. The van der Waals surface area contributed by atoms with Crippen molar-refractivity contribution in [2.45, 2.75) is 58.9 Å². The Morgan fingerprint density at radius 1 is 1.43 bits per heavy atom. The summed E-state index contributed by atoms with van der Waals surface area (Å²) in [5, 5.41) is 31.4. The summed E-state index contributed by atoms with van der Waals surface area (Å²) in [4.78, 5) is 0. The first-order chi connectivity index (χ1) is 10.8. The number of rotatable bonds is 2. The minimum atomic E-state index is -0.189. The van der Waals surface area contributed by atoms with Crippen LogP contribution in [0.1, 0.15) is 51.8 Å². The monoisotopic (exact) mass is 317 g/mol. The number of aromatic nitrogens is 2. The molecule has 2 N–H and O–H groups in total. The van der Waals surface area contributed by atoms with E-state index in [4.69, 9.17) is 15.5 Å². The predicted molar refractivity (Wildman–Crippen MR) is 88.9 cm³/mol. The number of hydrogen-bond donors (Lipinski definition) is 2. The van der Waals surface area contributed by atoms with Crippen LogP contribution in [-0.2, 0) is 18.4 Å². The van der Waals surface area contributed by atoms with Gasteiger partial charge in [0.05, 0.1) is 30.7 Å². The zero-order chi connectivity index (χ0) is 17.3. The summed E-state index contributed by atoms with van der Waals surface area (Å²) < 4.78 is 1.86. The molecule has 0 spiro atoms. The van der Waals surface area contributed by atoms with Crippen molar-refractivity contribution in [3.63, 3.8) is 0 Å². The molecule has 3 rings (SSSR count). The second-order valence-electron chi connectivity index (χ2n) is 7.24. The molecular weight excluding hydrogens is 290 g/mol. The van der Waals surface area contributed by atoms with Crippen LogP contribution in [0.15, 0.2) is 18.0 Å². The molecule has 2 unspecified atom stereocenters. The van der Waals surface area contributed by atoms with Gasteiger partial charge in [0.2, 0.25) is 0 Å². The molecule has 0 amide bonds. The van der Waals surface area contributed by atoms with Gasteiger partial charge in [-0.05, 0) is 36.8 Å². The fraction of sp³-hybridized carbons (Fsp3) is 0.667. The zero-order valence-electron chi connectivity index (χ0n) is 14.5. The third kappa shape index (κ3) is 2.88. The van der Waals surface area contributed by atoms with Crippen LogP contribution in [0.4, 0.5) is 0 Å². The SMILES string of the molecule is CC#N.CC1(C)C(O)=CCC2(C)c3nn(CCO)cc3CCC12. The van der Waals surface area contributed by atoms with E-state index in [0.29, 0.717) is 18.2 Å². The smallest absolute Gasteiger partial charge is 0.0942 e. The lowest BCUT2D eigenvalue weighted by molar-refractivity contribution is 0.0668. The Morgan fingerprint density at radius 2 is 2.09 bits per heavy atom. The fourth-order valence-corrected chi connectivity index (χ4v) is 4.27. The molecule has 0 radical (unpaired) electrons. The molecule has 0 bridgehead atoms. The molecule has 1 aromatic heterocycles. The summed E-state index contributed by atoms with van der Waals surface area (Å²) in [5.74, 6) is 0.934. The van der Waals surface area contributed by atoms with E-state index in [1.165, 1.54) is 18.2 Å². The Kier molecular flexibility index (Phi) is 4.86. The number of fused-ring (bicyclic) bond motifs is 3. The highest BCUT2D eigenvalue weighted by molar-refractivity contribution is 5.35. The number of nitrogens with zero attached hydrogens (tertiary/aromatic N) is 3. The molecule has 0 aromatic carbocycles. The van der Waals surface area contributed by atoms with Gasteiger partial charge in [-0.1, -0.05) is 20.8 Å². The molecule has 5 heteroatoms. The zero-order valence-corrected chi connectivity index (χ0v) is 14.5. The number of nitriles is 1. The van der Waals surface area contributed by atoms with Crippen LogP contribution in [0, 0.1) is 22.7 Å². The van der Waals surface area contributed by atoms with Crippen LogP contribution in [0.5, 0.6) is 0 Å². The van der Waals surface area contributed by atoms with Crippen LogP contribution in [-0.4, -0.2) is 26.6 Å². The van der Waals surface area contributed by atoms with E-state index in [1.807, 2.05) is 10.8 Å². The van der Waals surface area contributed by atoms with Crippen molar-refractivity contribution in [3.8, 4) is 6.07 Å². The lowest BCUT2D eigenvalue weighted by atomic mass is 9.53. The van der Waals surface area contributed by atoms with Crippen molar-refractivity contribution in [3.05, 3.63) is 29.3 Å². The average Bonchev–Trinajstić information content (AvgIpc) is 2.89. The topological polar surface area (TPSA) is 82.1 Å². The van der Waals surface area contributed by atoms with E-state index in [1.54, 1.807) is 6.07 Å². The summed E-state index contributed by atoms with van der Waals surface area (Å²) in [5.41, 5.74) is 2.27. The number of aliphatic hydroxyl groups is 2. The normalized spacial score (nSPS) is 27.7. The van der Waals surface area contributed by atoms with Crippen LogP contribution >= 0.6 is 0 Å². The molecule has 5 nitrogen and oxygen atoms in total. The minimum absolute atomic E-state index is 0.00990. The molecule has 126 valence electrons. The van der Waals surface area contributed by atoms with Gasteiger partial charge in [-0.15, -0.1) is 0 Å². The summed E-state index contributed by atoms with van der Waals surface area (Å²) in [6.45, 7) is 8.65. The molecule has 23 heavy (non-hydrogen) atoms. The number of hydrogen-bond acceptors (Lipinski definition) is 4. The van der Waals surface area contributed by atoms with Crippen molar-refractivity contribution in [1.82, 2.24) is 9.78 Å². The third-order valence-electron chi connectivity index (χ3n) is 5.43. The molecule has 0 saturated heterocycles. The van der Waals surface area contributed by atoms with Crippen LogP contribution < -0.4 is 0 Å². The van der Waals surface area contributed by atoms with E-state index < -0.39 is 0 Å². The van der Waals surface area contributed by atoms with Crippen LogP contribution in [0.25, 0.3) is 0 Å². The largest absolute Gasteiger partial charge is 0.512 e. The lowest BCUT2D eigenvalue weighted by Gasteiger charge is -2.50. The van der Waals surface area contributed by atoms with E-state index in [9.17, 15) is 5.11 Å². The van der Waals surface area contributed by atoms with Crippen molar-refractivity contribution < 1.29 is 10.2 Å². The van der Waals surface area contributed by atoms with Gasteiger partial charge in [-0.25, -0.2) is 0 Å². The van der Waals surface area contributed by atoms with Gasteiger partial charge in [0.1, 0.15) is 0 Å². The maximum absolute atomic E-state index is 10.2. The number of aryl methyl sites for hydroxylation is 1. The van der Waals surface area contributed by atoms with E-state index in [-0.39, 0.29) is 17.4 Å². The second-order valence-corrected chi connectivity index (χ2v) is 7.24. The van der Waals surface area contributed by atoms with Gasteiger partial charge in [0.25, 0.3) is 0 Å². The van der Waals surface area contributed by atoms with Gasteiger partial charge < -0.3 is 10.2 Å². The Labute approximate surface area is 138 Å².